The van der Waals surface area contributed by atoms with Gasteiger partial charge in [-0.3, -0.25) is 4.79 Å². The predicted molar refractivity (Wildman–Crippen MR) is 97.0 cm³/mol. The van der Waals surface area contributed by atoms with Crippen molar-refractivity contribution in [3.63, 3.8) is 0 Å². The molecule has 1 atom stereocenters. The van der Waals surface area contributed by atoms with Crippen molar-refractivity contribution in [2.75, 3.05) is 19.6 Å². The van der Waals surface area contributed by atoms with E-state index in [9.17, 15) is 4.79 Å². The van der Waals surface area contributed by atoms with Crippen molar-refractivity contribution in [3.05, 3.63) is 48.0 Å². The minimum Gasteiger partial charge on any atom is -0.302 e. The summed E-state index contributed by atoms with van der Waals surface area (Å²) in [6.07, 6.45) is 4.75. The van der Waals surface area contributed by atoms with Gasteiger partial charge < -0.3 is 4.90 Å². The van der Waals surface area contributed by atoms with Crippen molar-refractivity contribution in [2.45, 2.75) is 39.5 Å². The summed E-state index contributed by atoms with van der Waals surface area (Å²) in [5.74, 6) is 0.288. The van der Waals surface area contributed by atoms with Crippen molar-refractivity contribution < 1.29 is 4.79 Å². The molecule has 2 aromatic rings. The Bertz CT molecular complexity index is 687. The van der Waals surface area contributed by atoms with Crippen LogP contribution in [0.5, 0.6) is 0 Å². The fraction of sp³-hybridized carbons (Fsp3) is 0.476. The van der Waals surface area contributed by atoms with Crippen LogP contribution in [0, 0.1) is 5.41 Å². The Labute approximate surface area is 139 Å². The van der Waals surface area contributed by atoms with Gasteiger partial charge in [0.15, 0.2) is 5.78 Å². The molecule has 1 saturated heterocycles. The van der Waals surface area contributed by atoms with Crippen LogP contribution in [0.25, 0.3) is 10.8 Å². The highest BCUT2D eigenvalue weighted by Crippen LogP contribution is 2.30. The maximum atomic E-state index is 13.2. The quantitative estimate of drug-likeness (QED) is 0.730. The largest absolute Gasteiger partial charge is 0.302 e. The third kappa shape index (κ3) is 3.48. The summed E-state index contributed by atoms with van der Waals surface area (Å²) < 4.78 is 0. The van der Waals surface area contributed by atoms with E-state index in [1.807, 2.05) is 18.2 Å². The van der Waals surface area contributed by atoms with Crippen LogP contribution in [0.2, 0.25) is 0 Å². The molecule has 1 aliphatic rings. The molecule has 0 aromatic heterocycles. The molecule has 3 rings (SSSR count). The first-order valence-corrected chi connectivity index (χ1v) is 8.88. The van der Waals surface area contributed by atoms with Gasteiger partial charge in [-0.2, -0.15) is 0 Å². The Balaban J connectivity index is 1.84. The second-order valence-corrected chi connectivity index (χ2v) is 7.14. The number of rotatable bonds is 5. The number of carbonyl (C=O) groups is 1. The lowest BCUT2D eigenvalue weighted by Gasteiger charge is -2.35. The molecule has 2 aromatic carbocycles. The standard InChI is InChI=1S/C21H27NO/c1-3-21(2,16-22-13-7-4-8-14-22)20(23)19-12-11-17-9-5-6-10-18(17)15-19/h5-6,9-12,15H,3-4,7-8,13-14,16H2,1-2H3. The number of fused-ring (bicyclic) bond motifs is 1. The van der Waals surface area contributed by atoms with Gasteiger partial charge in [0.2, 0.25) is 0 Å². The molecule has 1 fully saturated rings. The van der Waals surface area contributed by atoms with E-state index in [-0.39, 0.29) is 11.2 Å². The van der Waals surface area contributed by atoms with Gasteiger partial charge in [-0.05, 0) is 49.2 Å². The van der Waals surface area contributed by atoms with Gasteiger partial charge in [0.05, 0.1) is 0 Å². The van der Waals surface area contributed by atoms with Crippen LogP contribution in [0.4, 0.5) is 0 Å². The fourth-order valence-corrected chi connectivity index (χ4v) is 3.63. The summed E-state index contributed by atoms with van der Waals surface area (Å²) in [6.45, 7) is 7.44. The highest BCUT2D eigenvalue weighted by Gasteiger charge is 2.34. The fourth-order valence-electron chi connectivity index (χ4n) is 3.63. The van der Waals surface area contributed by atoms with Crippen molar-refractivity contribution in [2.24, 2.45) is 5.41 Å². The van der Waals surface area contributed by atoms with Crippen LogP contribution in [-0.4, -0.2) is 30.3 Å². The molecule has 0 bridgehead atoms. The smallest absolute Gasteiger partial charge is 0.170 e. The van der Waals surface area contributed by atoms with Gasteiger partial charge in [0.25, 0.3) is 0 Å². The molecule has 122 valence electrons. The summed E-state index contributed by atoms with van der Waals surface area (Å²) in [7, 11) is 0. The number of piperidine rings is 1. The minimum atomic E-state index is -0.292. The predicted octanol–water partition coefficient (Wildman–Crippen LogP) is 4.92. The third-order valence-corrected chi connectivity index (χ3v) is 5.36. The van der Waals surface area contributed by atoms with Crippen molar-refractivity contribution in [1.29, 1.82) is 0 Å². The Morgan fingerprint density at radius 2 is 1.74 bits per heavy atom. The molecule has 0 saturated carbocycles. The number of benzene rings is 2. The highest BCUT2D eigenvalue weighted by molar-refractivity contribution is 6.03. The minimum absolute atomic E-state index is 0.288. The Kier molecular flexibility index (Phi) is 4.82. The molecule has 23 heavy (non-hydrogen) atoms. The normalized spacial score (nSPS) is 18.7. The van der Waals surface area contributed by atoms with Crippen LogP contribution in [-0.2, 0) is 0 Å². The van der Waals surface area contributed by atoms with E-state index >= 15 is 0 Å². The van der Waals surface area contributed by atoms with E-state index in [2.05, 4.69) is 43.0 Å². The maximum absolute atomic E-state index is 13.2. The molecule has 2 nitrogen and oxygen atoms in total. The third-order valence-electron chi connectivity index (χ3n) is 5.36. The molecule has 2 heteroatoms. The zero-order chi connectivity index (χ0) is 16.3. The topological polar surface area (TPSA) is 20.3 Å². The average molecular weight is 309 g/mol. The van der Waals surface area contributed by atoms with Crippen molar-refractivity contribution in [1.82, 2.24) is 4.90 Å². The monoisotopic (exact) mass is 309 g/mol. The number of Topliss-reactive ketones (excluding diaryl/α,β-unsaturated/α-hetero) is 1. The molecule has 0 aliphatic carbocycles. The summed E-state index contributed by atoms with van der Waals surface area (Å²) in [6, 6.07) is 14.4. The molecule has 1 aliphatic heterocycles. The molecule has 0 spiro atoms. The SMILES string of the molecule is CCC(C)(CN1CCCCC1)C(=O)c1ccc2ccccc2c1. The van der Waals surface area contributed by atoms with Crippen LogP contribution in [0.15, 0.2) is 42.5 Å². The van der Waals surface area contributed by atoms with Gasteiger partial charge in [-0.15, -0.1) is 0 Å². The summed E-state index contributed by atoms with van der Waals surface area (Å²) >= 11 is 0. The summed E-state index contributed by atoms with van der Waals surface area (Å²) in [5.41, 5.74) is 0.560. The number of ketones is 1. The molecule has 0 radical (unpaired) electrons. The van der Waals surface area contributed by atoms with Crippen molar-refractivity contribution >= 4 is 16.6 Å². The lowest BCUT2D eigenvalue weighted by atomic mass is 9.78. The van der Waals surface area contributed by atoms with E-state index in [1.165, 1.54) is 24.6 Å². The van der Waals surface area contributed by atoms with Gasteiger partial charge in [-0.25, -0.2) is 0 Å². The molecular formula is C21H27NO. The van der Waals surface area contributed by atoms with Gasteiger partial charge >= 0.3 is 0 Å². The molecule has 1 unspecified atom stereocenters. The Hall–Kier alpha value is -1.67. The Morgan fingerprint density at radius 3 is 2.43 bits per heavy atom. The van der Waals surface area contributed by atoms with Gasteiger partial charge in [0, 0.05) is 17.5 Å². The van der Waals surface area contributed by atoms with Gasteiger partial charge in [-0.1, -0.05) is 56.7 Å². The molecule has 1 heterocycles. The zero-order valence-electron chi connectivity index (χ0n) is 14.3. The van der Waals surface area contributed by atoms with E-state index < -0.39 is 0 Å². The number of nitrogens with zero attached hydrogens (tertiary/aromatic N) is 1. The second-order valence-electron chi connectivity index (χ2n) is 7.14. The maximum Gasteiger partial charge on any atom is 0.170 e. The lowest BCUT2D eigenvalue weighted by Crippen LogP contribution is -2.43. The number of likely N-dealkylation sites (tertiary alicyclic amines) is 1. The van der Waals surface area contributed by atoms with Crippen LogP contribution in [0.1, 0.15) is 49.9 Å². The number of hydrogen-bond donors (Lipinski definition) is 0. The van der Waals surface area contributed by atoms with E-state index in [0.717, 1.165) is 37.0 Å². The summed E-state index contributed by atoms with van der Waals surface area (Å²) in [5, 5.41) is 2.34. The first-order chi connectivity index (χ1) is 11.1. The van der Waals surface area contributed by atoms with E-state index in [0.29, 0.717) is 0 Å². The zero-order valence-corrected chi connectivity index (χ0v) is 14.3. The number of hydrogen-bond acceptors (Lipinski definition) is 2. The highest BCUT2D eigenvalue weighted by atomic mass is 16.1. The van der Waals surface area contributed by atoms with Crippen molar-refractivity contribution in [3.8, 4) is 0 Å². The first kappa shape index (κ1) is 16.2. The van der Waals surface area contributed by atoms with Crippen LogP contribution < -0.4 is 0 Å². The van der Waals surface area contributed by atoms with E-state index in [1.54, 1.807) is 0 Å². The number of carbonyl (C=O) groups excluding carboxylic acids is 1. The lowest BCUT2D eigenvalue weighted by molar-refractivity contribution is 0.0699. The second kappa shape index (κ2) is 6.84. The van der Waals surface area contributed by atoms with Crippen LogP contribution >= 0.6 is 0 Å². The molecule has 0 N–H and O–H groups in total. The molecule has 0 amide bonds. The Morgan fingerprint density at radius 1 is 1.04 bits per heavy atom. The molecular weight excluding hydrogens is 282 g/mol. The van der Waals surface area contributed by atoms with E-state index in [4.69, 9.17) is 0 Å². The van der Waals surface area contributed by atoms with Crippen LogP contribution in [0.3, 0.4) is 0 Å². The average Bonchev–Trinajstić information content (AvgIpc) is 2.61. The summed E-state index contributed by atoms with van der Waals surface area (Å²) in [4.78, 5) is 15.7. The van der Waals surface area contributed by atoms with Gasteiger partial charge in [0.1, 0.15) is 0 Å². The first-order valence-electron chi connectivity index (χ1n) is 8.88.